The van der Waals surface area contributed by atoms with Crippen molar-refractivity contribution in [3.05, 3.63) is 57.5 Å². The number of benzene rings is 2. The van der Waals surface area contributed by atoms with Gasteiger partial charge in [-0.25, -0.2) is 0 Å². The smallest absolute Gasteiger partial charge is 0.173 e. The lowest BCUT2D eigenvalue weighted by atomic mass is 10.1. The fourth-order valence-electron chi connectivity index (χ4n) is 2.64. The number of halogens is 2. The van der Waals surface area contributed by atoms with E-state index < -0.39 is 0 Å². The van der Waals surface area contributed by atoms with E-state index >= 15 is 0 Å². The van der Waals surface area contributed by atoms with Gasteiger partial charge in [-0.2, -0.15) is 0 Å². The number of methoxy groups -OCH3 is 1. The number of anilines is 1. The molecule has 6 heteroatoms. The van der Waals surface area contributed by atoms with Gasteiger partial charge in [-0.15, -0.1) is 0 Å². The molecule has 0 radical (unpaired) electrons. The van der Waals surface area contributed by atoms with E-state index in [9.17, 15) is 0 Å². The summed E-state index contributed by atoms with van der Waals surface area (Å²) in [6, 6.07) is 14.1. The molecular weight excluding hydrogens is 420 g/mol. The van der Waals surface area contributed by atoms with Crippen LogP contribution in [0.15, 0.2) is 46.9 Å². The Morgan fingerprint density at radius 2 is 1.96 bits per heavy atom. The minimum absolute atomic E-state index is 0.268. The van der Waals surface area contributed by atoms with Crippen molar-refractivity contribution in [1.82, 2.24) is 4.90 Å². The van der Waals surface area contributed by atoms with E-state index in [1.807, 2.05) is 30.3 Å². The molecule has 0 aliphatic rings. The monoisotopic (exact) mass is 440 g/mol. The SMILES string of the molecule is CCN(C(=S)Nc1ccc(Br)c(Cl)c1)C(C)Cc1ccc(OC)cc1. The standard InChI is InChI=1S/C19H22BrClN2OS/c1-4-23(13(2)11-14-5-8-16(24-3)9-6-14)19(25)22-15-7-10-17(20)18(21)12-15/h5-10,12-13H,4,11H2,1-3H3,(H,22,25). The van der Waals surface area contributed by atoms with Crippen molar-refractivity contribution < 1.29 is 4.74 Å². The lowest BCUT2D eigenvalue weighted by Crippen LogP contribution is -2.42. The molecule has 0 spiro atoms. The molecule has 0 saturated carbocycles. The van der Waals surface area contributed by atoms with Crippen LogP contribution in [0.1, 0.15) is 19.4 Å². The highest BCUT2D eigenvalue weighted by atomic mass is 79.9. The van der Waals surface area contributed by atoms with E-state index in [0.717, 1.165) is 28.9 Å². The quantitative estimate of drug-likeness (QED) is 0.576. The number of hydrogen-bond acceptors (Lipinski definition) is 2. The maximum absolute atomic E-state index is 6.15. The van der Waals surface area contributed by atoms with Gasteiger partial charge in [0.2, 0.25) is 0 Å². The summed E-state index contributed by atoms with van der Waals surface area (Å²) in [6.45, 7) is 5.11. The van der Waals surface area contributed by atoms with E-state index in [2.05, 4.69) is 52.1 Å². The largest absolute Gasteiger partial charge is 0.497 e. The molecule has 0 aromatic heterocycles. The van der Waals surface area contributed by atoms with Crippen LogP contribution in [0.3, 0.4) is 0 Å². The van der Waals surface area contributed by atoms with Crippen LogP contribution in [0, 0.1) is 0 Å². The first-order valence-electron chi connectivity index (χ1n) is 8.10. The fraction of sp³-hybridized carbons (Fsp3) is 0.316. The molecule has 0 heterocycles. The number of likely N-dealkylation sites (N-methyl/N-ethyl adjacent to an activating group) is 1. The summed E-state index contributed by atoms with van der Waals surface area (Å²) in [5.41, 5.74) is 2.13. The average molecular weight is 442 g/mol. The summed E-state index contributed by atoms with van der Waals surface area (Å²) in [4.78, 5) is 2.18. The van der Waals surface area contributed by atoms with Crippen LogP contribution in [0.5, 0.6) is 5.75 Å². The summed E-state index contributed by atoms with van der Waals surface area (Å²) in [5.74, 6) is 0.869. The highest BCUT2D eigenvalue weighted by Gasteiger charge is 2.16. The number of thiocarbonyl (C=S) groups is 1. The van der Waals surface area contributed by atoms with E-state index in [1.165, 1.54) is 5.56 Å². The van der Waals surface area contributed by atoms with Crippen LogP contribution >= 0.6 is 39.7 Å². The molecule has 2 aromatic rings. The van der Waals surface area contributed by atoms with Crippen LogP contribution in [-0.4, -0.2) is 29.7 Å². The number of ether oxygens (including phenoxy) is 1. The van der Waals surface area contributed by atoms with Crippen molar-refractivity contribution in [1.29, 1.82) is 0 Å². The first-order chi connectivity index (χ1) is 11.9. The van der Waals surface area contributed by atoms with Gasteiger partial charge in [0, 0.05) is 22.7 Å². The number of hydrogen-bond donors (Lipinski definition) is 1. The van der Waals surface area contributed by atoms with E-state index in [1.54, 1.807) is 7.11 Å². The van der Waals surface area contributed by atoms with Gasteiger partial charge in [0.25, 0.3) is 0 Å². The van der Waals surface area contributed by atoms with Crippen molar-refractivity contribution in [3.8, 4) is 5.75 Å². The molecule has 25 heavy (non-hydrogen) atoms. The number of nitrogens with zero attached hydrogens (tertiary/aromatic N) is 1. The van der Waals surface area contributed by atoms with Crippen LogP contribution in [0.25, 0.3) is 0 Å². The minimum Gasteiger partial charge on any atom is -0.497 e. The summed E-state index contributed by atoms with van der Waals surface area (Å²) < 4.78 is 6.08. The molecule has 3 nitrogen and oxygen atoms in total. The number of rotatable bonds is 6. The average Bonchev–Trinajstić information content (AvgIpc) is 2.59. The van der Waals surface area contributed by atoms with Crippen molar-refractivity contribution >= 4 is 50.5 Å². The topological polar surface area (TPSA) is 24.5 Å². The van der Waals surface area contributed by atoms with Gasteiger partial charge in [0.15, 0.2) is 5.11 Å². The van der Waals surface area contributed by atoms with E-state index in [-0.39, 0.29) is 6.04 Å². The van der Waals surface area contributed by atoms with E-state index in [4.69, 9.17) is 28.6 Å². The Kier molecular flexibility index (Phi) is 7.54. The highest BCUT2D eigenvalue weighted by molar-refractivity contribution is 9.10. The summed E-state index contributed by atoms with van der Waals surface area (Å²) in [6.07, 6.45) is 0.904. The molecule has 0 saturated heterocycles. The normalized spacial score (nSPS) is 11.7. The summed E-state index contributed by atoms with van der Waals surface area (Å²) >= 11 is 15.2. The maximum Gasteiger partial charge on any atom is 0.173 e. The highest BCUT2D eigenvalue weighted by Crippen LogP contribution is 2.26. The van der Waals surface area contributed by atoms with Crippen molar-refractivity contribution in [2.24, 2.45) is 0 Å². The van der Waals surface area contributed by atoms with E-state index in [0.29, 0.717) is 10.1 Å². The molecule has 1 atom stereocenters. The van der Waals surface area contributed by atoms with Gasteiger partial charge in [0.1, 0.15) is 5.75 Å². The zero-order valence-corrected chi connectivity index (χ0v) is 17.7. The zero-order chi connectivity index (χ0) is 18.4. The molecule has 0 fully saturated rings. The Morgan fingerprint density at radius 1 is 1.28 bits per heavy atom. The predicted molar refractivity (Wildman–Crippen MR) is 114 cm³/mol. The third-order valence-electron chi connectivity index (χ3n) is 3.99. The van der Waals surface area contributed by atoms with Crippen molar-refractivity contribution in [2.45, 2.75) is 26.3 Å². The Balaban J connectivity index is 2.03. The zero-order valence-electron chi connectivity index (χ0n) is 14.6. The van der Waals surface area contributed by atoms with Crippen molar-refractivity contribution in [3.63, 3.8) is 0 Å². The Morgan fingerprint density at radius 3 is 2.52 bits per heavy atom. The molecule has 1 unspecified atom stereocenters. The van der Waals surface area contributed by atoms with Crippen LogP contribution in [-0.2, 0) is 6.42 Å². The lowest BCUT2D eigenvalue weighted by Gasteiger charge is -2.31. The molecule has 0 aliphatic heterocycles. The first-order valence-corrected chi connectivity index (χ1v) is 9.68. The maximum atomic E-state index is 6.15. The molecule has 0 amide bonds. The van der Waals surface area contributed by atoms with Gasteiger partial charge >= 0.3 is 0 Å². The molecule has 1 N–H and O–H groups in total. The Bertz CT molecular complexity index is 724. The third-order valence-corrected chi connectivity index (χ3v) is 5.56. The first kappa shape index (κ1) is 20.0. The fourth-order valence-corrected chi connectivity index (χ4v) is 3.49. The molecular formula is C19H22BrClN2OS. The van der Waals surface area contributed by atoms with Crippen LogP contribution in [0.4, 0.5) is 5.69 Å². The van der Waals surface area contributed by atoms with Gasteiger partial charge in [0.05, 0.1) is 12.1 Å². The lowest BCUT2D eigenvalue weighted by molar-refractivity contribution is 0.347. The molecule has 0 aliphatic carbocycles. The molecule has 134 valence electrons. The predicted octanol–water partition coefficient (Wildman–Crippen LogP) is 5.76. The second kappa shape index (κ2) is 9.41. The summed E-state index contributed by atoms with van der Waals surface area (Å²) in [7, 11) is 1.68. The number of nitrogens with one attached hydrogen (secondary N) is 1. The Labute approximate surface area is 168 Å². The van der Waals surface area contributed by atoms with Crippen LogP contribution < -0.4 is 10.1 Å². The van der Waals surface area contributed by atoms with Crippen molar-refractivity contribution in [2.75, 3.05) is 19.0 Å². The van der Waals surface area contributed by atoms with Gasteiger partial charge in [-0.3, -0.25) is 0 Å². The minimum atomic E-state index is 0.268. The van der Waals surface area contributed by atoms with Crippen LogP contribution in [0.2, 0.25) is 5.02 Å². The molecule has 0 bridgehead atoms. The molecule has 2 rings (SSSR count). The van der Waals surface area contributed by atoms with Gasteiger partial charge in [-0.1, -0.05) is 23.7 Å². The Hall–Kier alpha value is -1.30. The van der Waals surface area contributed by atoms with Gasteiger partial charge in [-0.05, 0) is 84.3 Å². The third kappa shape index (κ3) is 5.59. The van der Waals surface area contributed by atoms with Gasteiger partial charge < -0.3 is 15.0 Å². The second-order valence-corrected chi connectivity index (χ2v) is 7.39. The molecule has 2 aromatic carbocycles. The second-order valence-electron chi connectivity index (χ2n) is 5.75. The summed E-state index contributed by atoms with van der Waals surface area (Å²) in [5, 5.41) is 4.63.